The van der Waals surface area contributed by atoms with Crippen LogP contribution in [0.2, 0.25) is 0 Å². The summed E-state index contributed by atoms with van der Waals surface area (Å²) in [5.74, 6) is -0.176. The van der Waals surface area contributed by atoms with Crippen LogP contribution in [0.15, 0.2) is 12.4 Å². The summed E-state index contributed by atoms with van der Waals surface area (Å²) in [5.41, 5.74) is 1.78. The topological polar surface area (TPSA) is 31.2 Å². The SMILES string of the molecule is CCCCn1cc2c(c1)C(=O)OC2. The van der Waals surface area contributed by atoms with E-state index in [2.05, 4.69) is 11.5 Å². The number of ether oxygens (including phenoxy) is 1. The van der Waals surface area contributed by atoms with E-state index >= 15 is 0 Å². The van der Waals surface area contributed by atoms with Crippen LogP contribution in [0.5, 0.6) is 0 Å². The van der Waals surface area contributed by atoms with Crippen molar-refractivity contribution in [3.63, 3.8) is 0 Å². The fraction of sp³-hybridized carbons (Fsp3) is 0.500. The van der Waals surface area contributed by atoms with Gasteiger partial charge in [-0.15, -0.1) is 0 Å². The largest absolute Gasteiger partial charge is 0.457 e. The Morgan fingerprint density at radius 2 is 2.38 bits per heavy atom. The van der Waals surface area contributed by atoms with Gasteiger partial charge >= 0.3 is 5.97 Å². The Morgan fingerprint density at radius 1 is 1.54 bits per heavy atom. The van der Waals surface area contributed by atoms with E-state index in [1.54, 1.807) is 0 Å². The molecule has 1 aliphatic heterocycles. The van der Waals surface area contributed by atoms with Crippen molar-refractivity contribution in [2.75, 3.05) is 0 Å². The Morgan fingerprint density at radius 3 is 3.08 bits per heavy atom. The van der Waals surface area contributed by atoms with Crippen LogP contribution in [-0.4, -0.2) is 10.5 Å². The predicted octanol–water partition coefficient (Wildman–Crippen LogP) is 1.96. The molecule has 0 atom stereocenters. The normalized spacial score (nSPS) is 14.4. The summed E-state index contributed by atoms with van der Waals surface area (Å²) in [6, 6.07) is 0. The molecule has 1 aromatic rings. The third-order valence-corrected chi connectivity index (χ3v) is 2.31. The van der Waals surface area contributed by atoms with E-state index in [9.17, 15) is 4.79 Å². The summed E-state index contributed by atoms with van der Waals surface area (Å²) in [5, 5.41) is 0. The van der Waals surface area contributed by atoms with Gasteiger partial charge in [-0.05, 0) is 6.42 Å². The molecule has 0 unspecified atom stereocenters. The van der Waals surface area contributed by atoms with Gasteiger partial charge in [-0.2, -0.15) is 0 Å². The lowest BCUT2D eigenvalue weighted by Gasteiger charge is -2.00. The zero-order valence-corrected chi connectivity index (χ0v) is 7.75. The summed E-state index contributed by atoms with van der Waals surface area (Å²) >= 11 is 0. The van der Waals surface area contributed by atoms with Crippen molar-refractivity contribution >= 4 is 5.97 Å². The van der Waals surface area contributed by atoms with Crippen LogP contribution in [-0.2, 0) is 17.9 Å². The molecule has 0 spiro atoms. The molecule has 0 aliphatic carbocycles. The Balaban J connectivity index is 2.14. The zero-order chi connectivity index (χ0) is 9.26. The number of carbonyl (C=O) groups is 1. The number of unbranched alkanes of at least 4 members (excludes halogenated alkanes) is 1. The number of carbonyl (C=O) groups excluding carboxylic acids is 1. The lowest BCUT2D eigenvalue weighted by Crippen LogP contribution is -1.97. The van der Waals surface area contributed by atoms with Crippen LogP contribution in [0.25, 0.3) is 0 Å². The molecule has 0 bridgehead atoms. The average molecular weight is 179 g/mol. The highest BCUT2D eigenvalue weighted by atomic mass is 16.5. The second-order valence-electron chi connectivity index (χ2n) is 3.36. The quantitative estimate of drug-likeness (QED) is 0.664. The zero-order valence-electron chi connectivity index (χ0n) is 7.75. The first-order valence-electron chi connectivity index (χ1n) is 4.67. The molecule has 2 heterocycles. The van der Waals surface area contributed by atoms with E-state index in [1.807, 2.05) is 12.4 Å². The minimum absolute atomic E-state index is 0.176. The van der Waals surface area contributed by atoms with E-state index in [-0.39, 0.29) is 5.97 Å². The summed E-state index contributed by atoms with van der Waals surface area (Å²) < 4.78 is 6.95. The maximum absolute atomic E-state index is 11.1. The maximum Gasteiger partial charge on any atom is 0.340 e. The molecule has 2 rings (SSSR count). The second kappa shape index (κ2) is 3.24. The lowest BCUT2D eigenvalue weighted by atomic mass is 10.2. The molecule has 0 N–H and O–H groups in total. The average Bonchev–Trinajstić information content (AvgIpc) is 2.65. The molecule has 13 heavy (non-hydrogen) atoms. The van der Waals surface area contributed by atoms with Gasteiger partial charge in [0.1, 0.15) is 6.61 Å². The number of fused-ring (bicyclic) bond motifs is 1. The van der Waals surface area contributed by atoms with Crippen LogP contribution in [0.1, 0.15) is 35.7 Å². The first kappa shape index (κ1) is 8.35. The van der Waals surface area contributed by atoms with Crippen LogP contribution >= 0.6 is 0 Å². The van der Waals surface area contributed by atoms with Gasteiger partial charge in [-0.1, -0.05) is 13.3 Å². The van der Waals surface area contributed by atoms with Gasteiger partial charge in [-0.3, -0.25) is 0 Å². The highest BCUT2D eigenvalue weighted by Gasteiger charge is 2.22. The number of rotatable bonds is 3. The number of aryl methyl sites for hydroxylation is 1. The molecule has 0 radical (unpaired) electrons. The molecule has 0 aromatic carbocycles. The molecule has 70 valence electrons. The number of esters is 1. The van der Waals surface area contributed by atoms with Crippen molar-refractivity contribution in [3.8, 4) is 0 Å². The Kier molecular flexibility index (Phi) is 2.08. The Labute approximate surface area is 77.3 Å². The number of cyclic esters (lactones) is 1. The fourth-order valence-electron chi connectivity index (χ4n) is 1.55. The molecule has 0 saturated carbocycles. The predicted molar refractivity (Wildman–Crippen MR) is 48.5 cm³/mol. The van der Waals surface area contributed by atoms with E-state index in [0.717, 1.165) is 24.1 Å². The summed E-state index contributed by atoms with van der Waals surface area (Å²) in [7, 11) is 0. The number of hydrogen-bond acceptors (Lipinski definition) is 2. The minimum Gasteiger partial charge on any atom is -0.457 e. The minimum atomic E-state index is -0.176. The highest BCUT2D eigenvalue weighted by Crippen LogP contribution is 2.20. The lowest BCUT2D eigenvalue weighted by molar-refractivity contribution is 0.0532. The van der Waals surface area contributed by atoms with E-state index in [0.29, 0.717) is 6.61 Å². The van der Waals surface area contributed by atoms with E-state index < -0.39 is 0 Å². The van der Waals surface area contributed by atoms with Crippen LogP contribution < -0.4 is 0 Å². The van der Waals surface area contributed by atoms with E-state index in [1.165, 1.54) is 6.42 Å². The third-order valence-electron chi connectivity index (χ3n) is 2.31. The van der Waals surface area contributed by atoms with Crippen molar-refractivity contribution in [1.82, 2.24) is 4.57 Å². The van der Waals surface area contributed by atoms with Crippen molar-refractivity contribution in [2.45, 2.75) is 32.9 Å². The van der Waals surface area contributed by atoms with Gasteiger partial charge in [-0.25, -0.2) is 4.79 Å². The van der Waals surface area contributed by atoms with Crippen LogP contribution in [0.3, 0.4) is 0 Å². The van der Waals surface area contributed by atoms with Gasteiger partial charge in [0.05, 0.1) is 5.56 Å². The monoisotopic (exact) mass is 179 g/mol. The van der Waals surface area contributed by atoms with Crippen LogP contribution in [0, 0.1) is 0 Å². The molecule has 0 amide bonds. The molecule has 3 heteroatoms. The van der Waals surface area contributed by atoms with Gasteiger partial charge in [0, 0.05) is 24.5 Å². The highest BCUT2D eigenvalue weighted by molar-refractivity contribution is 5.93. The van der Waals surface area contributed by atoms with E-state index in [4.69, 9.17) is 4.74 Å². The van der Waals surface area contributed by atoms with Gasteiger partial charge in [0.25, 0.3) is 0 Å². The second-order valence-corrected chi connectivity index (χ2v) is 3.36. The summed E-state index contributed by atoms with van der Waals surface area (Å²) in [6.07, 6.45) is 6.23. The van der Waals surface area contributed by atoms with Gasteiger partial charge < -0.3 is 9.30 Å². The maximum atomic E-state index is 11.1. The smallest absolute Gasteiger partial charge is 0.340 e. The molecule has 3 nitrogen and oxygen atoms in total. The molecular formula is C10H13NO2. The van der Waals surface area contributed by atoms with Crippen molar-refractivity contribution in [1.29, 1.82) is 0 Å². The van der Waals surface area contributed by atoms with Gasteiger partial charge in [0.2, 0.25) is 0 Å². The van der Waals surface area contributed by atoms with Crippen molar-refractivity contribution in [2.24, 2.45) is 0 Å². The summed E-state index contributed by atoms with van der Waals surface area (Å²) in [4.78, 5) is 11.1. The standard InChI is InChI=1S/C10H13NO2/c1-2-3-4-11-5-8-7-13-10(12)9(8)6-11/h5-6H,2-4,7H2,1H3. The summed E-state index contributed by atoms with van der Waals surface area (Å²) in [6.45, 7) is 3.61. The molecule has 1 aromatic heterocycles. The number of nitrogens with zero attached hydrogens (tertiary/aromatic N) is 1. The third kappa shape index (κ3) is 1.46. The molecule has 0 fully saturated rings. The Hall–Kier alpha value is -1.25. The van der Waals surface area contributed by atoms with Crippen molar-refractivity contribution in [3.05, 3.63) is 23.5 Å². The van der Waals surface area contributed by atoms with Crippen molar-refractivity contribution < 1.29 is 9.53 Å². The molecule has 0 saturated heterocycles. The number of hydrogen-bond donors (Lipinski definition) is 0. The van der Waals surface area contributed by atoms with Gasteiger partial charge in [0.15, 0.2) is 0 Å². The molecular weight excluding hydrogens is 166 g/mol. The van der Waals surface area contributed by atoms with Crippen LogP contribution in [0.4, 0.5) is 0 Å². The Bertz CT molecular complexity index is 328. The fourth-order valence-corrected chi connectivity index (χ4v) is 1.55. The first-order valence-corrected chi connectivity index (χ1v) is 4.67. The first-order chi connectivity index (χ1) is 6.31. The number of aromatic nitrogens is 1. The molecule has 1 aliphatic rings.